The van der Waals surface area contributed by atoms with Crippen LogP contribution in [0.25, 0.3) is 0 Å². The fourth-order valence-electron chi connectivity index (χ4n) is 2.37. The molecule has 0 unspecified atom stereocenters. The lowest BCUT2D eigenvalue weighted by molar-refractivity contribution is -0.384. The minimum absolute atomic E-state index is 0.121. The molecule has 0 atom stereocenters. The third-order valence-electron chi connectivity index (χ3n) is 4.04. The third-order valence-corrected chi connectivity index (χ3v) is 4.04. The molecule has 10 heteroatoms. The highest BCUT2D eigenvalue weighted by Crippen LogP contribution is 2.19. The van der Waals surface area contributed by atoms with Crippen molar-refractivity contribution in [3.8, 4) is 5.75 Å². The summed E-state index contributed by atoms with van der Waals surface area (Å²) in [5.74, 6) is -0.577. The van der Waals surface area contributed by atoms with Crippen LogP contribution in [0.1, 0.15) is 20.7 Å². The van der Waals surface area contributed by atoms with Crippen molar-refractivity contribution in [3.05, 3.63) is 94.0 Å². The van der Waals surface area contributed by atoms with Gasteiger partial charge in [0, 0.05) is 17.7 Å². The number of hydrogen-bond donors (Lipinski definition) is 1. The monoisotopic (exact) mass is 420 g/mol. The molecule has 3 rings (SSSR count). The van der Waals surface area contributed by atoms with Crippen molar-refractivity contribution in [2.75, 3.05) is 12.6 Å². The summed E-state index contributed by atoms with van der Waals surface area (Å²) in [4.78, 5) is 39.1. The average molecular weight is 420 g/mol. The van der Waals surface area contributed by atoms with Crippen LogP contribution in [0.15, 0.2) is 83.0 Å². The van der Waals surface area contributed by atoms with E-state index in [0.29, 0.717) is 22.7 Å². The van der Waals surface area contributed by atoms with E-state index in [1.165, 1.54) is 31.4 Å². The maximum absolute atomic E-state index is 12.0. The van der Waals surface area contributed by atoms with Gasteiger partial charge in [-0.1, -0.05) is 0 Å². The van der Waals surface area contributed by atoms with Crippen molar-refractivity contribution < 1.29 is 24.1 Å². The molecule has 1 N–H and O–H groups in total. The summed E-state index contributed by atoms with van der Waals surface area (Å²) in [6.07, 6.45) is 0. The van der Waals surface area contributed by atoms with Gasteiger partial charge in [0.15, 0.2) is 0 Å². The summed E-state index contributed by atoms with van der Waals surface area (Å²) in [7, 11) is 1.53. The van der Waals surface area contributed by atoms with Gasteiger partial charge in [-0.15, -0.1) is 10.2 Å². The van der Waals surface area contributed by atoms with Crippen LogP contribution < -0.4 is 10.2 Å². The SMILES string of the molecule is COc1ccc(C(=O)ONc2ccc(N=NC(=O)c3ccc([N+](=O)[O-])cc3)cc2)cc1. The lowest BCUT2D eigenvalue weighted by Crippen LogP contribution is -2.10. The van der Waals surface area contributed by atoms with Gasteiger partial charge < -0.3 is 9.57 Å². The van der Waals surface area contributed by atoms with E-state index in [1.54, 1.807) is 48.5 Å². The molecule has 3 aromatic carbocycles. The predicted octanol–water partition coefficient (Wildman–Crippen LogP) is 4.71. The summed E-state index contributed by atoms with van der Waals surface area (Å²) in [6.45, 7) is 0. The second-order valence-corrected chi connectivity index (χ2v) is 6.08. The van der Waals surface area contributed by atoms with Crippen molar-refractivity contribution in [2.45, 2.75) is 0 Å². The van der Waals surface area contributed by atoms with Crippen LogP contribution in [0, 0.1) is 10.1 Å². The van der Waals surface area contributed by atoms with Gasteiger partial charge in [0.2, 0.25) is 0 Å². The van der Waals surface area contributed by atoms with Crippen LogP contribution in [0.3, 0.4) is 0 Å². The number of hydrogen-bond acceptors (Lipinski definition) is 8. The van der Waals surface area contributed by atoms with E-state index in [9.17, 15) is 19.7 Å². The summed E-state index contributed by atoms with van der Waals surface area (Å²) >= 11 is 0. The van der Waals surface area contributed by atoms with Crippen LogP contribution in [-0.4, -0.2) is 23.9 Å². The molecular formula is C21H16N4O6. The Hall–Kier alpha value is -4.60. The fraction of sp³-hybridized carbons (Fsp3) is 0.0476. The summed E-state index contributed by atoms with van der Waals surface area (Å²) in [5, 5.41) is 18.1. The van der Waals surface area contributed by atoms with Gasteiger partial charge in [-0.2, -0.15) is 0 Å². The van der Waals surface area contributed by atoms with Crippen LogP contribution in [-0.2, 0) is 4.84 Å². The molecule has 156 valence electrons. The Labute approximate surface area is 176 Å². The zero-order chi connectivity index (χ0) is 22.2. The molecule has 0 aromatic heterocycles. The van der Waals surface area contributed by atoms with Gasteiger partial charge in [0.05, 0.1) is 29.0 Å². The second-order valence-electron chi connectivity index (χ2n) is 6.08. The molecule has 0 heterocycles. The van der Waals surface area contributed by atoms with Crippen LogP contribution in [0.2, 0.25) is 0 Å². The van der Waals surface area contributed by atoms with Gasteiger partial charge in [0.1, 0.15) is 5.75 Å². The van der Waals surface area contributed by atoms with Crippen molar-refractivity contribution in [2.24, 2.45) is 10.2 Å². The number of anilines is 1. The molecule has 10 nitrogen and oxygen atoms in total. The van der Waals surface area contributed by atoms with Gasteiger partial charge in [0.25, 0.3) is 11.6 Å². The molecule has 1 amide bonds. The molecule has 0 radical (unpaired) electrons. The molecule has 0 spiro atoms. The molecular weight excluding hydrogens is 404 g/mol. The van der Waals surface area contributed by atoms with Gasteiger partial charge in [-0.05, 0) is 60.7 Å². The highest BCUT2D eigenvalue weighted by atomic mass is 16.7. The first kappa shape index (κ1) is 21.1. The summed E-state index contributed by atoms with van der Waals surface area (Å²) in [5.41, 5.74) is 3.82. The van der Waals surface area contributed by atoms with Crippen molar-refractivity contribution in [1.82, 2.24) is 0 Å². The van der Waals surface area contributed by atoms with Crippen LogP contribution >= 0.6 is 0 Å². The number of azo groups is 1. The first-order valence-electron chi connectivity index (χ1n) is 8.88. The van der Waals surface area contributed by atoms with E-state index in [1.807, 2.05) is 0 Å². The molecule has 31 heavy (non-hydrogen) atoms. The van der Waals surface area contributed by atoms with Crippen molar-refractivity contribution >= 4 is 28.9 Å². The van der Waals surface area contributed by atoms with E-state index in [0.717, 1.165) is 0 Å². The number of benzene rings is 3. The number of ether oxygens (including phenoxy) is 1. The lowest BCUT2D eigenvalue weighted by atomic mass is 10.2. The number of nitro groups is 1. The number of carbonyl (C=O) groups excluding carboxylic acids is 2. The van der Waals surface area contributed by atoms with E-state index in [-0.39, 0.29) is 11.3 Å². The van der Waals surface area contributed by atoms with Crippen LogP contribution in [0.5, 0.6) is 5.75 Å². The Bertz CT molecular complexity index is 1110. The van der Waals surface area contributed by atoms with Crippen LogP contribution in [0.4, 0.5) is 17.1 Å². The minimum Gasteiger partial charge on any atom is -0.497 e. The Morgan fingerprint density at radius 3 is 2.10 bits per heavy atom. The predicted molar refractivity (Wildman–Crippen MR) is 110 cm³/mol. The van der Waals surface area contributed by atoms with Crippen molar-refractivity contribution in [3.63, 3.8) is 0 Å². The molecule has 0 fully saturated rings. The lowest BCUT2D eigenvalue weighted by Gasteiger charge is -2.07. The number of nitrogens with one attached hydrogen (secondary N) is 1. The van der Waals surface area contributed by atoms with E-state index in [4.69, 9.17) is 9.57 Å². The molecule has 0 aliphatic heterocycles. The fourth-order valence-corrected chi connectivity index (χ4v) is 2.37. The highest BCUT2D eigenvalue weighted by molar-refractivity contribution is 5.94. The first-order chi connectivity index (χ1) is 15.0. The number of methoxy groups -OCH3 is 1. The highest BCUT2D eigenvalue weighted by Gasteiger charge is 2.09. The topological polar surface area (TPSA) is 132 Å². The molecule has 0 saturated carbocycles. The Balaban J connectivity index is 1.54. The largest absolute Gasteiger partial charge is 0.497 e. The quantitative estimate of drug-likeness (QED) is 0.332. The smallest absolute Gasteiger partial charge is 0.362 e. The molecule has 0 saturated heterocycles. The van der Waals surface area contributed by atoms with E-state index >= 15 is 0 Å². The number of rotatable bonds is 7. The minimum atomic E-state index is -0.634. The Morgan fingerprint density at radius 2 is 1.52 bits per heavy atom. The van der Waals surface area contributed by atoms with E-state index in [2.05, 4.69) is 15.7 Å². The second kappa shape index (κ2) is 9.74. The number of nitrogens with zero attached hydrogens (tertiary/aromatic N) is 3. The van der Waals surface area contributed by atoms with Gasteiger partial charge >= 0.3 is 5.97 Å². The standard InChI is InChI=1S/C21H16N4O6/c1-30-19-12-4-15(5-13-19)21(27)31-24-17-8-6-16(7-9-17)22-23-20(26)14-2-10-18(11-3-14)25(28)29/h2-13,24H,1H3. The average Bonchev–Trinajstić information content (AvgIpc) is 2.81. The number of non-ortho nitro benzene ring substituents is 1. The zero-order valence-electron chi connectivity index (χ0n) is 16.2. The first-order valence-corrected chi connectivity index (χ1v) is 8.88. The van der Waals surface area contributed by atoms with Gasteiger partial charge in [-0.3, -0.25) is 14.9 Å². The third kappa shape index (κ3) is 5.70. The summed E-state index contributed by atoms with van der Waals surface area (Å²) < 4.78 is 5.03. The molecule has 0 aliphatic rings. The number of nitro benzene ring substituents is 1. The molecule has 0 aliphatic carbocycles. The number of carbonyl (C=O) groups is 2. The molecule has 3 aromatic rings. The summed E-state index contributed by atoms with van der Waals surface area (Å²) in [6, 6.07) is 17.8. The van der Waals surface area contributed by atoms with Gasteiger partial charge in [-0.25, -0.2) is 10.3 Å². The normalized spacial score (nSPS) is 10.5. The maximum Gasteiger partial charge on any atom is 0.362 e. The maximum atomic E-state index is 12.0. The van der Waals surface area contributed by atoms with E-state index < -0.39 is 16.8 Å². The Morgan fingerprint density at radius 1 is 0.903 bits per heavy atom. The Kier molecular flexibility index (Phi) is 6.64. The zero-order valence-corrected chi connectivity index (χ0v) is 16.2. The number of amides is 1. The van der Waals surface area contributed by atoms with Crippen molar-refractivity contribution in [1.29, 1.82) is 0 Å². The molecule has 0 bridgehead atoms.